The van der Waals surface area contributed by atoms with Gasteiger partial charge in [0.2, 0.25) is 0 Å². The number of aromatic nitrogens is 2. The standard InChI is InChI=1S/C15H21N3O2/c1-10-7-13(18(3)17-10)9-20-14-6-5-12(11(2)16)8-15(14)19-4/h5-8,11H,9,16H2,1-4H3. The number of ether oxygens (including phenoxy) is 2. The van der Waals surface area contributed by atoms with Crippen molar-refractivity contribution in [3.05, 3.63) is 41.2 Å². The van der Waals surface area contributed by atoms with Gasteiger partial charge < -0.3 is 15.2 Å². The third-order valence-corrected chi connectivity index (χ3v) is 3.19. The van der Waals surface area contributed by atoms with Gasteiger partial charge in [-0.25, -0.2) is 0 Å². The summed E-state index contributed by atoms with van der Waals surface area (Å²) >= 11 is 0. The maximum Gasteiger partial charge on any atom is 0.161 e. The van der Waals surface area contributed by atoms with Gasteiger partial charge in [-0.3, -0.25) is 4.68 Å². The Bertz CT molecular complexity index is 591. The van der Waals surface area contributed by atoms with E-state index in [1.165, 1.54) is 0 Å². The lowest BCUT2D eigenvalue weighted by Gasteiger charge is -2.13. The predicted molar refractivity (Wildman–Crippen MR) is 77.9 cm³/mol. The van der Waals surface area contributed by atoms with Crippen LogP contribution in [0.15, 0.2) is 24.3 Å². The Balaban J connectivity index is 2.15. The SMILES string of the molecule is COc1cc(C(C)N)ccc1OCc1cc(C)nn1C. The molecule has 108 valence electrons. The molecule has 2 rings (SSSR count). The summed E-state index contributed by atoms with van der Waals surface area (Å²) in [5.74, 6) is 1.40. The number of aryl methyl sites for hydroxylation is 2. The highest BCUT2D eigenvalue weighted by Gasteiger charge is 2.09. The maximum atomic E-state index is 5.87. The highest BCUT2D eigenvalue weighted by Crippen LogP contribution is 2.30. The molecule has 5 nitrogen and oxygen atoms in total. The third-order valence-electron chi connectivity index (χ3n) is 3.19. The van der Waals surface area contributed by atoms with Crippen molar-refractivity contribution < 1.29 is 9.47 Å². The maximum absolute atomic E-state index is 5.87. The highest BCUT2D eigenvalue weighted by molar-refractivity contribution is 5.43. The summed E-state index contributed by atoms with van der Waals surface area (Å²) in [4.78, 5) is 0. The van der Waals surface area contributed by atoms with E-state index >= 15 is 0 Å². The third kappa shape index (κ3) is 3.11. The molecule has 5 heteroatoms. The van der Waals surface area contributed by atoms with Crippen LogP contribution < -0.4 is 15.2 Å². The fourth-order valence-electron chi connectivity index (χ4n) is 2.04. The molecule has 1 atom stereocenters. The van der Waals surface area contributed by atoms with E-state index < -0.39 is 0 Å². The second-order valence-corrected chi connectivity index (χ2v) is 4.89. The van der Waals surface area contributed by atoms with Crippen LogP contribution in [0.25, 0.3) is 0 Å². The minimum absolute atomic E-state index is 0.0299. The molecule has 1 heterocycles. The monoisotopic (exact) mass is 275 g/mol. The van der Waals surface area contributed by atoms with Gasteiger partial charge in [0.05, 0.1) is 18.5 Å². The second-order valence-electron chi connectivity index (χ2n) is 4.89. The number of nitrogens with zero attached hydrogens (tertiary/aromatic N) is 2. The molecule has 1 aromatic heterocycles. The summed E-state index contributed by atoms with van der Waals surface area (Å²) < 4.78 is 13.0. The molecule has 0 aliphatic heterocycles. The zero-order valence-corrected chi connectivity index (χ0v) is 12.4. The van der Waals surface area contributed by atoms with Gasteiger partial charge in [0.25, 0.3) is 0 Å². The van der Waals surface area contributed by atoms with Crippen LogP contribution in [0.5, 0.6) is 11.5 Å². The average Bonchev–Trinajstić information content (AvgIpc) is 2.74. The quantitative estimate of drug-likeness (QED) is 0.909. The Morgan fingerprint density at radius 2 is 2.05 bits per heavy atom. The summed E-state index contributed by atoms with van der Waals surface area (Å²) in [6.45, 7) is 4.35. The van der Waals surface area contributed by atoms with Gasteiger partial charge in [0, 0.05) is 13.1 Å². The summed E-state index contributed by atoms with van der Waals surface area (Å²) in [5.41, 5.74) is 8.88. The first kappa shape index (κ1) is 14.4. The van der Waals surface area contributed by atoms with Crippen molar-refractivity contribution in [3.8, 4) is 11.5 Å². The van der Waals surface area contributed by atoms with E-state index in [0.29, 0.717) is 18.1 Å². The summed E-state index contributed by atoms with van der Waals surface area (Å²) in [7, 11) is 3.53. The highest BCUT2D eigenvalue weighted by atomic mass is 16.5. The van der Waals surface area contributed by atoms with E-state index in [0.717, 1.165) is 17.0 Å². The molecule has 1 aromatic carbocycles. The number of hydrogen-bond donors (Lipinski definition) is 1. The van der Waals surface area contributed by atoms with Crippen molar-refractivity contribution in [2.45, 2.75) is 26.5 Å². The molecule has 1 unspecified atom stereocenters. The van der Waals surface area contributed by atoms with Crippen molar-refractivity contribution in [2.75, 3.05) is 7.11 Å². The topological polar surface area (TPSA) is 62.3 Å². The van der Waals surface area contributed by atoms with Gasteiger partial charge in [-0.1, -0.05) is 6.07 Å². The van der Waals surface area contributed by atoms with Crippen LogP contribution in [0.4, 0.5) is 0 Å². The van der Waals surface area contributed by atoms with Crippen molar-refractivity contribution in [2.24, 2.45) is 12.8 Å². The van der Waals surface area contributed by atoms with Crippen LogP contribution in [0.1, 0.15) is 29.9 Å². The number of methoxy groups -OCH3 is 1. The molecule has 0 spiro atoms. The molecule has 2 aromatic rings. The van der Waals surface area contributed by atoms with Gasteiger partial charge >= 0.3 is 0 Å². The fourth-order valence-corrected chi connectivity index (χ4v) is 2.04. The normalized spacial score (nSPS) is 12.2. The summed E-state index contributed by atoms with van der Waals surface area (Å²) in [6, 6.07) is 7.73. The van der Waals surface area contributed by atoms with Gasteiger partial charge in [0.15, 0.2) is 11.5 Å². The Kier molecular flexibility index (Phi) is 4.29. The van der Waals surface area contributed by atoms with Gasteiger partial charge in [0.1, 0.15) is 6.61 Å². The molecule has 2 N–H and O–H groups in total. The Morgan fingerprint density at radius 1 is 1.30 bits per heavy atom. The first-order valence-corrected chi connectivity index (χ1v) is 6.57. The molecule has 0 radical (unpaired) electrons. The van der Waals surface area contributed by atoms with Crippen molar-refractivity contribution in [1.29, 1.82) is 0 Å². The lowest BCUT2D eigenvalue weighted by atomic mass is 10.1. The number of hydrogen-bond acceptors (Lipinski definition) is 4. The first-order valence-electron chi connectivity index (χ1n) is 6.57. The minimum atomic E-state index is -0.0299. The van der Waals surface area contributed by atoms with E-state index in [9.17, 15) is 0 Å². The van der Waals surface area contributed by atoms with Crippen LogP contribution in [-0.2, 0) is 13.7 Å². The smallest absolute Gasteiger partial charge is 0.161 e. The second kappa shape index (κ2) is 5.96. The Morgan fingerprint density at radius 3 is 2.60 bits per heavy atom. The van der Waals surface area contributed by atoms with Crippen LogP contribution in [-0.4, -0.2) is 16.9 Å². The van der Waals surface area contributed by atoms with E-state index in [1.807, 2.05) is 49.8 Å². The van der Waals surface area contributed by atoms with E-state index in [2.05, 4.69) is 5.10 Å². The van der Waals surface area contributed by atoms with Gasteiger partial charge in [-0.05, 0) is 37.6 Å². The predicted octanol–water partition coefficient (Wildman–Crippen LogP) is 2.34. The van der Waals surface area contributed by atoms with Crippen LogP contribution >= 0.6 is 0 Å². The Hall–Kier alpha value is -2.01. The lowest BCUT2D eigenvalue weighted by molar-refractivity contribution is 0.275. The molecule has 0 fully saturated rings. The average molecular weight is 275 g/mol. The fraction of sp³-hybridized carbons (Fsp3) is 0.400. The van der Waals surface area contributed by atoms with Crippen molar-refractivity contribution >= 4 is 0 Å². The van der Waals surface area contributed by atoms with Crippen LogP contribution in [0, 0.1) is 6.92 Å². The largest absolute Gasteiger partial charge is 0.493 e. The molecule has 0 aliphatic rings. The molecule has 0 bridgehead atoms. The molecule has 0 saturated heterocycles. The molecular formula is C15H21N3O2. The van der Waals surface area contributed by atoms with Crippen LogP contribution in [0.2, 0.25) is 0 Å². The van der Waals surface area contributed by atoms with E-state index in [4.69, 9.17) is 15.2 Å². The molecule has 0 amide bonds. The zero-order chi connectivity index (χ0) is 14.7. The number of nitrogens with two attached hydrogens (primary N) is 1. The van der Waals surface area contributed by atoms with E-state index in [-0.39, 0.29) is 6.04 Å². The van der Waals surface area contributed by atoms with E-state index in [1.54, 1.807) is 7.11 Å². The minimum Gasteiger partial charge on any atom is -0.493 e. The zero-order valence-electron chi connectivity index (χ0n) is 12.4. The number of benzene rings is 1. The summed E-state index contributed by atoms with van der Waals surface area (Å²) in [6.07, 6.45) is 0. The van der Waals surface area contributed by atoms with Crippen molar-refractivity contribution in [1.82, 2.24) is 9.78 Å². The van der Waals surface area contributed by atoms with Gasteiger partial charge in [-0.15, -0.1) is 0 Å². The van der Waals surface area contributed by atoms with Crippen LogP contribution in [0.3, 0.4) is 0 Å². The molecule has 20 heavy (non-hydrogen) atoms. The molecule has 0 saturated carbocycles. The lowest BCUT2D eigenvalue weighted by Crippen LogP contribution is -2.06. The first-order chi connectivity index (χ1) is 9.51. The molecule has 0 aliphatic carbocycles. The van der Waals surface area contributed by atoms with Crippen molar-refractivity contribution in [3.63, 3.8) is 0 Å². The molecular weight excluding hydrogens is 254 g/mol. The Labute approximate surface area is 119 Å². The summed E-state index contributed by atoms with van der Waals surface area (Å²) in [5, 5.41) is 4.29. The van der Waals surface area contributed by atoms with Gasteiger partial charge in [-0.2, -0.15) is 5.10 Å². The number of rotatable bonds is 5.